The molecule has 0 aromatic carbocycles. The number of rotatable bonds is 0. The van der Waals surface area contributed by atoms with Crippen LogP contribution in [0.4, 0.5) is 0 Å². The van der Waals surface area contributed by atoms with Crippen molar-refractivity contribution >= 4 is 5.91 Å². The van der Waals surface area contributed by atoms with Gasteiger partial charge >= 0.3 is 0 Å². The van der Waals surface area contributed by atoms with Gasteiger partial charge < -0.3 is 5.32 Å². The largest absolute Gasteiger partial charge is 0.349 e. The van der Waals surface area contributed by atoms with Gasteiger partial charge in [-0.3, -0.25) is 4.79 Å². The van der Waals surface area contributed by atoms with Gasteiger partial charge in [-0.1, -0.05) is 13.5 Å². The van der Waals surface area contributed by atoms with Crippen LogP contribution in [0.2, 0.25) is 0 Å². The van der Waals surface area contributed by atoms with Gasteiger partial charge in [-0.2, -0.15) is 0 Å². The fourth-order valence-corrected chi connectivity index (χ4v) is 0.384. The highest BCUT2D eigenvalue weighted by Crippen LogP contribution is 1.79. The molecular weight excluding hydrogens is 90.1 g/mol. The topological polar surface area (TPSA) is 29.1 Å². The smallest absolute Gasteiger partial charge is 0.243 e. The molecule has 0 saturated carbocycles. The minimum atomic E-state index is 0. The molecule has 0 aromatic rings. The minimum absolute atomic E-state index is 0. The number of amides is 1. The quantitative estimate of drug-likeness (QED) is 0.465. The summed E-state index contributed by atoms with van der Waals surface area (Å²) in [6.45, 7) is 0.707. The summed E-state index contributed by atoms with van der Waals surface area (Å²) >= 11 is 0. The van der Waals surface area contributed by atoms with E-state index in [9.17, 15) is 4.79 Å². The standard InChI is InChI=1S/C4H5NO.CH4/c6-4-2-1-3-5-4;/h1-2H,3H2,(H,5,6);1H4. The average Bonchev–Trinajstić information content (AvgIpc) is 1.86. The molecule has 1 N–H and O–H groups in total. The van der Waals surface area contributed by atoms with Crippen molar-refractivity contribution in [2.75, 3.05) is 6.54 Å². The van der Waals surface area contributed by atoms with Crippen LogP contribution in [0.25, 0.3) is 0 Å². The second kappa shape index (κ2) is 2.39. The number of hydrogen-bond donors (Lipinski definition) is 1. The number of carbonyl (C=O) groups excluding carboxylic acids is 1. The van der Waals surface area contributed by atoms with Gasteiger partial charge in [0.25, 0.3) is 0 Å². The van der Waals surface area contributed by atoms with E-state index in [0.29, 0.717) is 6.54 Å². The van der Waals surface area contributed by atoms with Gasteiger partial charge in [0.05, 0.1) is 0 Å². The molecule has 0 radical (unpaired) electrons. The van der Waals surface area contributed by atoms with Crippen molar-refractivity contribution in [2.45, 2.75) is 7.43 Å². The number of nitrogens with one attached hydrogen (secondary N) is 1. The van der Waals surface area contributed by atoms with Gasteiger partial charge in [0.15, 0.2) is 0 Å². The Bertz CT molecular complexity index is 96.3. The molecule has 7 heavy (non-hydrogen) atoms. The maximum absolute atomic E-state index is 10.0. The van der Waals surface area contributed by atoms with Crippen LogP contribution in [0.3, 0.4) is 0 Å². The first-order valence-electron chi connectivity index (χ1n) is 1.84. The summed E-state index contributed by atoms with van der Waals surface area (Å²) in [6, 6.07) is 0. The Hall–Kier alpha value is -0.790. The van der Waals surface area contributed by atoms with E-state index in [1.165, 1.54) is 6.08 Å². The lowest BCUT2D eigenvalue weighted by Crippen LogP contribution is -2.13. The Morgan fingerprint density at radius 1 is 1.71 bits per heavy atom. The Morgan fingerprint density at radius 3 is 2.57 bits per heavy atom. The van der Waals surface area contributed by atoms with Crippen LogP contribution in [0, 0.1) is 0 Å². The van der Waals surface area contributed by atoms with Crippen molar-refractivity contribution in [3.8, 4) is 0 Å². The van der Waals surface area contributed by atoms with Crippen LogP contribution in [0.1, 0.15) is 7.43 Å². The maximum Gasteiger partial charge on any atom is 0.243 e. The summed E-state index contributed by atoms with van der Waals surface area (Å²) in [7, 11) is 0. The predicted octanol–water partition coefficient (Wildman–Crippen LogP) is 0.308. The molecule has 0 spiro atoms. The summed E-state index contributed by atoms with van der Waals surface area (Å²) in [5.74, 6) is 0.0231. The molecule has 0 fully saturated rings. The molecule has 0 aliphatic carbocycles. The summed E-state index contributed by atoms with van der Waals surface area (Å²) in [5, 5.41) is 2.57. The van der Waals surface area contributed by atoms with Crippen LogP contribution >= 0.6 is 0 Å². The SMILES string of the molecule is C.O=C1C=CCN1. The summed E-state index contributed by atoms with van der Waals surface area (Å²) in [6.07, 6.45) is 3.32. The van der Waals surface area contributed by atoms with Crippen LogP contribution < -0.4 is 5.32 Å². The first-order chi connectivity index (χ1) is 2.89. The van der Waals surface area contributed by atoms with E-state index in [2.05, 4.69) is 5.32 Å². The van der Waals surface area contributed by atoms with Gasteiger partial charge in [0.2, 0.25) is 5.91 Å². The molecule has 2 nitrogen and oxygen atoms in total. The third kappa shape index (κ3) is 1.39. The summed E-state index contributed by atoms with van der Waals surface area (Å²) in [5.41, 5.74) is 0. The lowest BCUT2D eigenvalue weighted by molar-refractivity contribution is -0.115. The van der Waals surface area contributed by atoms with Gasteiger partial charge in [-0.05, 0) is 0 Å². The van der Waals surface area contributed by atoms with Crippen LogP contribution in [-0.2, 0) is 4.79 Å². The highest BCUT2D eigenvalue weighted by molar-refractivity contribution is 5.89. The predicted molar refractivity (Wildman–Crippen MR) is 28.9 cm³/mol. The Balaban J connectivity index is 0.000000360. The van der Waals surface area contributed by atoms with E-state index in [1.807, 2.05) is 0 Å². The average molecular weight is 99.1 g/mol. The van der Waals surface area contributed by atoms with E-state index >= 15 is 0 Å². The zero-order valence-electron chi connectivity index (χ0n) is 3.27. The van der Waals surface area contributed by atoms with Gasteiger partial charge in [-0.25, -0.2) is 0 Å². The number of hydrogen-bond acceptors (Lipinski definition) is 1. The molecule has 1 heterocycles. The minimum Gasteiger partial charge on any atom is -0.349 e. The van der Waals surface area contributed by atoms with E-state index in [0.717, 1.165) is 0 Å². The molecule has 0 atom stereocenters. The Kier molecular flexibility index (Phi) is 2.12. The molecule has 40 valence electrons. The molecule has 1 rings (SSSR count). The summed E-state index contributed by atoms with van der Waals surface area (Å²) in [4.78, 5) is 10.0. The highest BCUT2D eigenvalue weighted by atomic mass is 16.1. The molecule has 1 amide bonds. The molecule has 0 aromatic heterocycles. The van der Waals surface area contributed by atoms with Crippen molar-refractivity contribution in [3.05, 3.63) is 12.2 Å². The molecule has 0 unspecified atom stereocenters. The fraction of sp³-hybridized carbons (Fsp3) is 0.400. The van der Waals surface area contributed by atoms with Crippen LogP contribution in [0.15, 0.2) is 12.2 Å². The third-order valence-electron chi connectivity index (χ3n) is 0.663. The van der Waals surface area contributed by atoms with Crippen LogP contribution in [-0.4, -0.2) is 12.5 Å². The lowest BCUT2D eigenvalue weighted by Gasteiger charge is -1.80. The van der Waals surface area contributed by atoms with Crippen molar-refractivity contribution in [1.29, 1.82) is 0 Å². The molecular formula is C5H9NO. The van der Waals surface area contributed by atoms with Crippen molar-refractivity contribution in [1.82, 2.24) is 5.32 Å². The van der Waals surface area contributed by atoms with Crippen molar-refractivity contribution in [3.63, 3.8) is 0 Å². The molecule has 1 aliphatic rings. The first-order valence-corrected chi connectivity index (χ1v) is 1.84. The molecule has 0 bridgehead atoms. The van der Waals surface area contributed by atoms with Crippen molar-refractivity contribution < 1.29 is 4.79 Å². The van der Waals surface area contributed by atoms with E-state index < -0.39 is 0 Å². The third-order valence-corrected chi connectivity index (χ3v) is 0.663. The van der Waals surface area contributed by atoms with E-state index in [4.69, 9.17) is 0 Å². The lowest BCUT2D eigenvalue weighted by atomic mass is 10.6. The molecule has 1 aliphatic heterocycles. The highest BCUT2D eigenvalue weighted by Gasteiger charge is 1.95. The second-order valence-electron chi connectivity index (χ2n) is 1.15. The number of carbonyl (C=O) groups is 1. The summed E-state index contributed by atoms with van der Waals surface area (Å²) < 4.78 is 0. The van der Waals surface area contributed by atoms with Gasteiger partial charge in [-0.15, -0.1) is 0 Å². The normalized spacial score (nSPS) is 15.7. The molecule has 0 saturated heterocycles. The van der Waals surface area contributed by atoms with Gasteiger partial charge in [0, 0.05) is 12.6 Å². The first kappa shape index (κ1) is 6.21. The maximum atomic E-state index is 10.0. The zero-order chi connectivity index (χ0) is 4.41. The zero-order valence-corrected chi connectivity index (χ0v) is 3.27. The van der Waals surface area contributed by atoms with E-state index in [1.54, 1.807) is 6.08 Å². The fourth-order valence-electron chi connectivity index (χ4n) is 0.384. The van der Waals surface area contributed by atoms with Gasteiger partial charge in [0.1, 0.15) is 0 Å². The Labute approximate surface area is 43.2 Å². The van der Waals surface area contributed by atoms with Crippen LogP contribution in [0.5, 0.6) is 0 Å². The monoisotopic (exact) mass is 99.1 g/mol. The molecule has 2 heteroatoms. The van der Waals surface area contributed by atoms with E-state index in [-0.39, 0.29) is 13.3 Å². The second-order valence-corrected chi connectivity index (χ2v) is 1.15. The van der Waals surface area contributed by atoms with Crippen molar-refractivity contribution in [2.24, 2.45) is 0 Å². The Morgan fingerprint density at radius 2 is 2.43 bits per heavy atom.